The molecule has 0 aliphatic heterocycles. The van der Waals surface area contributed by atoms with Crippen LogP contribution in [0, 0.1) is 22.7 Å². The number of hydrogen-bond donors (Lipinski definition) is 0. The molecule has 0 spiro atoms. The number of nitriles is 2. The van der Waals surface area contributed by atoms with Gasteiger partial charge in [0.05, 0.1) is 18.2 Å². The normalized spacial score (nSPS) is 9.44. The summed E-state index contributed by atoms with van der Waals surface area (Å²) in [6, 6.07) is 10.8. The maximum atomic E-state index is 8.74. The van der Waals surface area contributed by atoms with E-state index in [0.29, 0.717) is 24.5 Å². The molecule has 6 nitrogen and oxygen atoms in total. The van der Waals surface area contributed by atoms with E-state index in [0.717, 1.165) is 0 Å². The second-order valence-electron chi connectivity index (χ2n) is 3.43. The van der Waals surface area contributed by atoms with Crippen molar-refractivity contribution < 1.29 is 4.74 Å². The minimum absolute atomic E-state index is 0.140. The van der Waals surface area contributed by atoms with Crippen LogP contribution >= 0.6 is 0 Å². The van der Waals surface area contributed by atoms with Crippen LogP contribution in [0.3, 0.4) is 0 Å². The van der Waals surface area contributed by atoms with Crippen molar-refractivity contribution in [1.29, 1.82) is 10.5 Å². The molecule has 0 aliphatic carbocycles. The SMILES string of the molecule is N#Cc1cccc(OCCn2cnc(C#N)n2)c1. The first-order chi connectivity index (χ1) is 8.81. The van der Waals surface area contributed by atoms with Gasteiger partial charge in [-0.2, -0.15) is 10.5 Å². The van der Waals surface area contributed by atoms with Crippen molar-refractivity contribution in [2.45, 2.75) is 6.54 Å². The third kappa shape index (κ3) is 2.83. The maximum absolute atomic E-state index is 8.74. The van der Waals surface area contributed by atoms with Crippen LogP contribution in [-0.4, -0.2) is 21.4 Å². The molecule has 88 valence electrons. The van der Waals surface area contributed by atoms with Crippen molar-refractivity contribution in [2.75, 3.05) is 6.61 Å². The molecule has 0 atom stereocenters. The minimum atomic E-state index is 0.140. The van der Waals surface area contributed by atoms with Gasteiger partial charge in [-0.05, 0) is 18.2 Å². The highest BCUT2D eigenvalue weighted by atomic mass is 16.5. The van der Waals surface area contributed by atoms with Crippen molar-refractivity contribution in [1.82, 2.24) is 14.8 Å². The van der Waals surface area contributed by atoms with E-state index in [1.807, 2.05) is 12.1 Å². The summed E-state index contributed by atoms with van der Waals surface area (Å²) < 4.78 is 7.01. The molecule has 0 saturated heterocycles. The van der Waals surface area contributed by atoms with Crippen molar-refractivity contribution in [3.8, 4) is 17.9 Å². The predicted molar refractivity (Wildman–Crippen MR) is 61.4 cm³/mol. The minimum Gasteiger partial charge on any atom is -0.492 e. The summed E-state index contributed by atoms with van der Waals surface area (Å²) in [7, 11) is 0. The topological polar surface area (TPSA) is 87.5 Å². The van der Waals surface area contributed by atoms with Crippen LogP contribution < -0.4 is 4.74 Å². The first-order valence-electron chi connectivity index (χ1n) is 5.24. The first-order valence-corrected chi connectivity index (χ1v) is 5.24. The average Bonchev–Trinajstić information content (AvgIpc) is 2.87. The van der Waals surface area contributed by atoms with Gasteiger partial charge in [-0.25, -0.2) is 9.67 Å². The Kier molecular flexibility index (Phi) is 3.53. The quantitative estimate of drug-likeness (QED) is 0.797. The van der Waals surface area contributed by atoms with Crippen molar-refractivity contribution in [3.05, 3.63) is 42.0 Å². The van der Waals surface area contributed by atoms with Gasteiger partial charge in [0.15, 0.2) is 0 Å². The van der Waals surface area contributed by atoms with Crippen molar-refractivity contribution in [3.63, 3.8) is 0 Å². The molecule has 0 fully saturated rings. The first kappa shape index (κ1) is 11.6. The van der Waals surface area contributed by atoms with Crippen LogP contribution in [0.4, 0.5) is 0 Å². The summed E-state index contributed by atoms with van der Waals surface area (Å²) in [4.78, 5) is 3.78. The van der Waals surface area contributed by atoms with Gasteiger partial charge in [-0.3, -0.25) is 0 Å². The highest BCUT2D eigenvalue weighted by Gasteiger charge is 2.00. The fraction of sp³-hybridized carbons (Fsp3) is 0.167. The molecule has 0 radical (unpaired) electrons. The van der Waals surface area contributed by atoms with Gasteiger partial charge in [-0.1, -0.05) is 6.07 Å². The van der Waals surface area contributed by atoms with Gasteiger partial charge in [0.1, 0.15) is 24.8 Å². The average molecular weight is 239 g/mol. The molecule has 1 heterocycles. The summed E-state index contributed by atoms with van der Waals surface area (Å²) in [6.45, 7) is 0.884. The van der Waals surface area contributed by atoms with E-state index in [1.165, 1.54) is 11.0 Å². The largest absolute Gasteiger partial charge is 0.492 e. The van der Waals surface area contributed by atoms with E-state index < -0.39 is 0 Å². The fourth-order valence-electron chi connectivity index (χ4n) is 1.37. The zero-order chi connectivity index (χ0) is 12.8. The van der Waals surface area contributed by atoms with Crippen molar-refractivity contribution in [2.24, 2.45) is 0 Å². The Balaban J connectivity index is 1.88. The van der Waals surface area contributed by atoms with E-state index in [-0.39, 0.29) is 5.82 Å². The summed E-state index contributed by atoms with van der Waals surface area (Å²) in [5.41, 5.74) is 0.556. The van der Waals surface area contributed by atoms with Crippen LogP contribution in [0.5, 0.6) is 5.75 Å². The molecule has 6 heteroatoms. The third-order valence-corrected chi connectivity index (χ3v) is 2.19. The Morgan fingerprint density at radius 2 is 2.17 bits per heavy atom. The molecule has 18 heavy (non-hydrogen) atoms. The molecule has 0 unspecified atom stereocenters. The molecule has 0 aliphatic rings. The van der Waals surface area contributed by atoms with Crippen LogP contribution in [0.1, 0.15) is 11.4 Å². The highest BCUT2D eigenvalue weighted by molar-refractivity contribution is 5.36. The number of rotatable bonds is 4. The molecular formula is C12H9N5O. The Bertz CT molecular complexity index is 620. The van der Waals surface area contributed by atoms with E-state index >= 15 is 0 Å². The smallest absolute Gasteiger partial charge is 0.252 e. The summed E-state index contributed by atoms with van der Waals surface area (Å²) in [6.07, 6.45) is 1.48. The van der Waals surface area contributed by atoms with E-state index in [9.17, 15) is 0 Å². The van der Waals surface area contributed by atoms with E-state index in [4.69, 9.17) is 15.3 Å². The van der Waals surface area contributed by atoms with Gasteiger partial charge in [0, 0.05) is 0 Å². The Hall–Kier alpha value is -2.86. The van der Waals surface area contributed by atoms with Gasteiger partial charge in [0.25, 0.3) is 5.82 Å². The van der Waals surface area contributed by atoms with Crippen LogP contribution in [-0.2, 0) is 6.54 Å². The lowest BCUT2D eigenvalue weighted by Crippen LogP contribution is -2.08. The summed E-state index contributed by atoms with van der Waals surface area (Å²) in [5.74, 6) is 0.774. The van der Waals surface area contributed by atoms with Gasteiger partial charge < -0.3 is 4.74 Å². The third-order valence-electron chi connectivity index (χ3n) is 2.19. The molecule has 0 N–H and O–H groups in total. The molecule has 0 saturated carbocycles. The molecule has 1 aromatic heterocycles. The predicted octanol–water partition coefficient (Wildman–Crippen LogP) is 1.10. The zero-order valence-electron chi connectivity index (χ0n) is 9.45. The van der Waals surface area contributed by atoms with Crippen LogP contribution in [0.2, 0.25) is 0 Å². The zero-order valence-corrected chi connectivity index (χ0v) is 9.45. The lowest BCUT2D eigenvalue weighted by Gasteiger charge is -2.05. The molecular weight excluding hydrogens is 230 g/mol. The van der Waals surface area contributed by atoms with Gasteiger partial charge >= 0.3 is 0 Å². The van der Waals surface area contributed by atoms with Crippen LogP contribution in [0.15, 0.2) is 30.6 Å². The Labute approximate surface area is 104 Å². The van der Waals surface area contributed by atoms with Gasteiger partial charge in [-0.15, -0.1) is 5.10 Å². The number of hydrogen-bond acceptors (Lipinski definition) is 5. The van der Waals surface area contributed by atoms with E-state index in [1.54, 1.807) is 24.3 Å². The Morgan fingerprint density at radius 3 is 2.89 bits per heavy atom. The fourth-order valence-corrected chi connectivity index (χ4v) is 1.37. The Morgan fingerprint density at radius 1 is 1.28 bits per heavy atom. The highest BCUT2D eigenvalue weighted by Crippen LogP contribution is 2.12. The molecule has 2 aromatic rings. The monoisotopic (exact) mass is 239 g/mol. The summed E-state index contributed by atoms with van der Waals surface area (Å²) in [5, 5.41) is 21.2. The second kappa shape index (κ2) is 5.46. The van der Waals surface area contributed by atoms with Crippen LogP contribution in [0.25, 0.3) is 0 Å². The molecule has 0 bridgehead atoms. The maximum Gasteiger partial charge on any atom is 0.252 e. The standard InChI is InChI=1S/C12H9N5O/c13-7-10-2-1-3-11(6-10)18-5-4-17-9-15-12(8-14)16-17/h1-3,6,9H,4-5H2. The van der Waals surface area contributed by atoms with E-state index in [2.05, 4.69) is 10.1 Å². The second-order valence-corrected chi connectivity index (χ2v) is 3.43. The molecule has 0 amide bonds. The lowest BCUT2D eigenvalue weighted by atomic mass is 10.2. The van der Waals surface area contributed by atoms with Gasteiger partial charge in [0.2, 0.25) is 0 Å². The molecule has 1 aromatic carbocycles. The number of nitrogens with zero attached hydrogens (tertiary/aromatic N) is 5. The lowest BCUT2D eigenvalue weighted by molar-refractivity contribution is 0.291. The summed E-state index contributed by atoms with van der Waals surface area (Å²) >= 11 is 0. The number of aromatic nitrogens is 3. The number of benzene rings is 1. The number of ether oxygens (including phenoxy) is 1. The molecule has 2 rings (SSSR count). The van der Waals surface area contributed by atoms with Crippen molar-refractivity contribution >= 4 is 0 Å².